The van der Waals surface area contributed by atoms with Crippen LogP contribution < -0.4 is 10.6 Å². The minimum Gasteiger partial charge on any atom is -0.338 e. The molecule has 2 heterocycles. The third-order valence-electron chi connectivity index (χ3n) is 2.57. The average Bonchev–Trinajstić information content (AvgIpc) is 3.04. The number of benzene rings is 1. The fourth-order valence-electron chi connectivity index (χ4n) is 1.71. The summed E-state index contributed by atoms with van der Waals surface area (Å²) >= 11 is 2.99. The smallest absolute Gasteiger partial charge is 0.321 e. The molecule has 0 spiro atoms. The van der Waals surface area contributed by atoms with Crippen molar-refractivity contribution < 1.29 is 4.79 Å². The van der Waals surface area contributed by atoms with E-state index in [4.69, 9.17) is 0 Å². The minimum atomic E-state index is -0.238. The summed E-state index contributed by atoms with van der Waals surface area (Å²) < 4.78 is 1.13. The first-order chi connectivity index (χ1) is 9.76. The molecule has 2 amide bonds. The van der Waals surface area contributed by atoms with Crippen LogP contribution in [0.1, 0.15) is 6.92 Å². The van der Waals surface area contributed by atoms with Crippen molar-refractivity contribution in [2.24, 2.45) is 0 Å². The molecule has 20 heavy (non-hydrogen) atoms. The Morgan fingerprint density at radius 1 is 1.30 bits per heavy atom. The van der Waals surface area contributed by atoms with E-state index in [0.29, 0.717) is 11.7 Å². The highest BCUT2D eigenvalue weighted by Gasteiger charge is 2.11. The Labute approximate surface area is 123 Å². The number of hydrogen-bond donors (Lipinski definition) is 2. The standard InChI is InChI=1S/C13H12N4OS2/c1-2-14-12(18)17-13-16-9(7-19-13)11-15-8-5-3-4-6-10(8)20-11/h3-7H,2H2,1H3,(H2,14,16,17,18). The normalized spacial score (nSPS) is 10.7. The number of nitrogens with one attached hydrogen (secondary N) is 2. The van der Waals surface area contributed by atoms with Crippen LogP contribution in [0, 0.1) is 0 Å². The number of thiazole rings is 2. The van der Waals surface area contributed by atoms with Gasteiger partial charge in [0.25, 0.3) is 0 Å². The van der Waals surface area contributed by atoms with Crippen LogP contribution >= 0.6 is 22.7 Å². The van der Waals surface area contributed by atoms with Gasteiger partial charge in [-0.1, -0.05) is 12.1 Å². The van der Waals surface area contributed by atoms with Gasteiger partial charge in [-0.25, -0.2) is 14.8 Å². The summed E-state index contributed by atoms with van der Waals surface area (Å²) in [6.45, 7) is 2.45. The second-order valence-electron chi connectivity index (χ2n) is 4.01. The van der Waals surface area contributed by atoms with Gasteiger partial charge in [0.05, 0.1) is 10.2 Å². The Kier molecular flexibility index (Phi) is 3.62. The number of fused-ring (bicyclic) bond motifs is 1. The topological polar surface area (TPSA) is 66.9 Å². The summed E-state index contributed by atoms with van der Waals surface area (Å²) in [6.07, 6.45) is 0. The molecule has 0 fully saturated rings. The van der Waals surface area contributed by atoms with Gasteiger partial charge in [-0.15, -0.1) is 22.7 Å². The zero-order valence-electron chi connectivity index (χ0n) is 10.7. The molecule has 2 N–H and O–H groups in total. The van der Waals surface area contributed by atoms with Crippen molar-refractivity contribution in [1.82, 2.24) is 15.3 Å². The van der Waals surface area contributed by atoms with E-state index in [1.807, 2.05) is 36.6 Å². The third kappa shape index (κ3) is 2.63. The number of anilines is 1. The van der Waals surface area contributed by atoms with Crippen LogP contribution in [0.15, 0.2) is 29.6 Å². The maximum atomic E-state index is 11.4. The average molecular weight is 304 g/mol. The zero-order chi connectivity index (χ0) is 13.9. The van der Waals surface area contributed by atoms with Crippen molar-refractivity contribution in [3.8, 4) is 10.7 Å². The van der Waals surface area contributed by atoms with Crippen LogP contribution in [-0.2, 0) is 0 Å². The lowest BCUT2D eigenvalue weighted by molar-refractivity contribution is 0.252. The summed E-state index contributed by atoms with van der Waals surface area (Å²) in [5.74, 6) is 0. The number of para-hydroxylation sites is 1. The summed E-state index contributed by atoms with van der Waals surface area (Å²) in [7, 11) is 0. The van der Waals surface area contributed by atoms with Crippen molar-refractivity contribution in [2.45, 2.75) is 6.92 Å². The van der Waals surface area contributed by atoms with Crippen LogP contribution in [0.5, 0.6) is 0 Å². The van der Waals surface area contributed by atoms with Gasteiger partial charge in [0.15, 0.2) is 5.13 Å². The van der Waals surface area contributed by atoms with Gasteiger partial charge >= 0.3 is 6.03 Å². The molecule has 0 saturated carbocycles. The molecular weight excluding hydrogens is 292 g/mol. The van der Waals surface area contributed by atoms with Gasteiger partial charge in [0, 0.05) is 11.9 Å². The number of rotatable bonds is 3. The molecule has 0 aliphatic rings. The quantitative estimate of drug-likeness (QED) is 0.777. The summed E-state index contributed by atoms with van der Waals surface area (Å²) in [5, 5.41) is 8.71. The Balaban J connectivity index is 1.84. The molecule has 5 nitrogen and oxygen atoms in total. The summed E-state index contributed by atoms with van der Waals surface area (Å²) in [5.41, 5.74) is 1.77. The van der Waals surface area contributed by atoms with E-state index in [-0.39, 0.29) is 6.03 Å². The van der Waals surface area contributed by atoms with Gasteiger partial charge in [0.2, 0.25) is 0 Å². The predicted octanol–water partition coefficient (Wildman–Crippen LogP) is 3.56. The highest BCUT2D eigenvalue weighted by Crippen LogP contribution is 2.31. The van der Waals surface area contributed by atoms with Crippen LogP contribution in [-0.4, -0.2) is 22.5 Å². The molecule has 3 aromatic rings. The van der Waals surface area contributed by atoms with Crippen LogP contribution in [0.25, 0.3) is 20.9 Å². The van der Waals surface area contributed by atoms with Crippen molar-refractivity contribution in [3.05, 3.63) is 29.6 Å². The lowest BCUT2D eigenvalue weighted by atomic mass is 10.3. The number of amides is 2. The molecule has 102 valence electrons. The van der Waals surface area contributed by atoms with Crippen LogP contribution in [0.2, 0.25) is 0 Å². The molecule has 0 bridgehead atoms. The Hall–Kier alpha value is -1.99. The third-order valence-corrected chi connectivity index (χ3v) is 4.39. The number of urea groups is 1. The van der Waals surface area contributed by atoms with E-state index >= 15 is 0 Å². The first kappa shape index (κ1) is 13.0. The van der Waals surface area contributed by atoms with E-state index < -0.39 is 0 Å². The van der Waals surface area contributed by atoms with Crippen molar-refractivity contribution in [1.29, 1.82) is 0 Å². The van der Waals surface area contributed by atoms with Gasteiger partial charge in [-0.3, -0.25) is 5.32 Å². The van der Waals surface area contributed by atoms with Gasteiger partial charge < -0.3 is 5.32 Å². The molecule has 0 atom stereocenters. The Morgan fingerprint density at radius 3 is 2.95 bits per heavy atom. The fourth-order valence-corrected chi connectivity index (χ4v) is 3.40. The molecule has 1 aromatic carbocycles. The van der Waals surface area contributed by atoms with E-state index in [0.717, 1.165) is 20.9 Å². The van der Waals surface area contributed by atoms with Crippen LogP contribution in [0.3, 0.4) is 0 Å². The SMILES string of the molecule is CCNC(=O)Nc1nc(-c2nc3ccccc3s2)cs1. The largest absolute Gasteiger partial charge is 0.338 e. The minimum absolute atomic E-state index is 0.238. The molecule has 2 aromatic heterocycles. The highest BCUT2D eigenvalue weighted by molar-refractivity contribution is 7.22. The number of hydrogen-bond acceptors (Lipinski definition) is 5. The van der Waals surface area contributed by atoms with E-state index in [1.165, 1.54) is 11.3 Å². The van der Waals surface area contributed by atoms with Crippen LogP contribution in [0.4, 0.5) is 9.93 Å². The number of nitrogens with zero attached hydrogens (tertiary/aromatic N) is 2. The van der Waals surface area contributed by atoms with E-state index in [1.54, 1.807) is 11.3 Å². The summed E-state index contributed by atoms with van der Waals surface area (Å²) in [4.78, 5) is 20.4. The monoisotopic (exact) mass is 304 g/mol. The van der Waals surface area contributed by atoms with Crippen molar-refractivity contribution in [3.63, 3.8) is 0 Å². The van der Waals surface area contributed by atoms with Gasteiger partial charge in [-0.05, 0) is 19.1 Å². The molecule has 0 unspecified atom stereocenters. The Bertz CT molecular complexity index is 717. The fraction of sp³-hybridized carbons (Fsp3) is 0.154. The second kappa shape index (κ2) is 5.56. The van der Waals surface area contributed by atoms with E-state index in [9.17, 15) is 4.79 Å². The maximum absolute atomic E-state index is 11.4. The molecule has 0 radical (unpaired) electrons. The number of aromatic nitrogens is 2. The number of carbonyl (C=O) groups excluding carboxylic acids is 1. The molecule has 7 heteroatoms. The molecule has 0 aliphatic carbocycles. The molecule has 0 saturated heterocycles. The predicted molar refractivity (Wildman–Crippen MR) is 83.4 cm³/mol. The Morgan fingerprint density at radius 2 is 2.15 bits per heavy atom. The maximum Gasteiger partial charge on any atom is 0.321 e. The molecule has 3 rings (SSSR count). The first-order valence-corrected chi connectivity index (χ1v) is 7.82. The molecular formula is C13H12N4OS2. The first-order valence-electron chi connectivity index (χ1n) is 6.12. The van der Waals surface area contributed by atoms with Gasteiger partial charge in [0.1, 0.15) is 10.7 Å². The second-order valence-corrected chi connectivity index (χ2v) is 5.90. The van der Waals surface area contributed by atoms with Gasteiger partial charge in [-0.2, -0.15) is 0 Å². The highest BCUT2D eigenvalue weighted by atomic mass is 32.1. The van der Waals surface area contributed by atoms with Crippen molar-refractivity contribution in [2.75, 3.05) is 11.9 Å². The lowest BCUT2D eigenvalue weighted by Crippen LogP contribution is -2.28. The number of carbonyl (C=O) groups is 1. The van der Waals surface area contributed by atoms with Crippen molar-refractivity contribution >= 4 is 44.1 Å². The zero-order valence-corrected chi connectivity index (χ0v) is 12.3. The van der Waals surface area contributed by atoms with E-state index in [2.05, 4.69) is 20.6 Å². The summed E-state index contributed by atoms with van der Waals surface area (Å²) in [6, 6.07) is 7.74. The molecule has 0 aliphatic heterocycles. The lowest BCUT2D eigenvalue weighted by Gasteiger charge is -2.00.